The topological polar surface area (TPSA) is 51.4 Å². The minimum atomic E-state index is -0.204. The molecule has 7 heteroatoms. The van der Waals surface area contributed by atoms with Crippen LogP contribution < -0.4 is 10.2 Å². The van der Waals surface area contributed by atoms with Gasteiger partial charge in [0.15, 0.2) is 6.54 Å². The van der Waals surface area contributed by atoms with Gasteiger partial charge in [-0.05, 0) is 58.4 Å². The van der Waals surface area contributed by atoms with Crippen LogP contribution in [0.4, 0.5) is 4.39 Å². The van der Waals surface area contributed by atoms with E-state index in [1.807, 2.05) is 40.8 Å². The summed E-state index contributed by atoms with van der Waals surface area (Å²) in [5, 5.41) is 5.97. The van der Waals surface area contributed by atoms with Crippen LogP contribution in [0.5, 0.6) is 0 Å². The summed E-state index contributed by atoms with van der Waals surface area (Å²) in [6.07, 6.45) is 0. The highest BCUT2D eigenvalue weighted by atomic mass is 32.1. The third kappa shape index (κ3) is 4.96. The fraction of sp³-hybridized carbons (Fsp3) is 0.391. The molecule has 1 amide bonds. The predicted octanol–water partition coefficient (Wildman–Crippen LogP) is 3.20. The molecule has 0 aliphatic carbocycles. The molecule has 2 heterocycles. The van der Waals surface area contributed by atoms with E-state index in [2.05, 4.69) is 21.3 Å². The first-order valence-corrected chi connectivity index (χ1v) is 11.0. The fourth-order valence-electron chi connectivity index (χ4n) is 3.62. The van der Waals surface area contributed by atoms with E-state index in [1.54, 1.807) is 30.4 Å². The van der Waals surface area contributed by atoms with Gasteiger partial charge in [-0.15, -0.1) is 11.3 Å². The molecule has 0 aliphatic rings. The maximum atomic E-state index is 14.1. The van der Waals surface area contributed by atoms with E-state index in [9.17, 15) is 9.18 Å². The zero-order chi connectivity index (χ0) is 22.0. The van der Waals surface area contributed by atoms with Gasteiger partial charge in [0, 0.05) is 34.1 Å². The number of benzene rings is 1. The van der Waals surface area contributed by atoms with Gasteiger partial charge in [-0.25, -0.2) is 9.37 Å². The Morgan fingerprint density at radius 1 is 1.27 bits per heavy atom. The Morgan fingerprint density at radius 3 is 2.67 bits per heavy atom. The van der Waals surface area contributed by atoms with Gasteiger partial charge >= 0.3 is 0 Å². The Bertz CT molecular complexity index is 1050. The molecular weight excluding hydrogens is 399 g/mol. The predicted molar refractivity (Wildman–Crippen MR) is 120 cm³/mol. The average molecular weight is 430 g/mol. The zero-order valence-corrected chi connectivity index (χ0v) is 19.3. The van der Waals surface area contributed by atoms with Crippen LogP contribution in [0.2, 0.25) is 0 Å². The third-order valence-corrected chi connectivity index (χ3v) is 5.89. The van der Waals surface area contributed by atoms with E-state index < -0.39 is 0 Å². The molecule has 0 fully saturated rings. The minimum absolute atomic E-state index is 0.0492. The van der Waals surface area contributed by atoms with Gasteiger partial charge in [-0.2, -0.15) is 0 Å². The van der Waals surface area contributed by atoms with Crippen molar-refractivity contribution in [1.82, 2.24) is 14.9 Å². The number of nitrogens with one attached hydrogen (secondary N) is 2. The molecule has 2 N–H and O–H groups in total. The van der Waals surface area contributed by atoms with E-state index in [0.717, 1.165) is 38.2 Å². The molecule has 5 nitrogen and oxygen atoms in total. The highest BCUT2D eigenvalue weighted by molar-refractivity contribution is 7.09. The first kappa shape index (κ1) is 22.2. The smallest absolute Gasteiger partial charge is 0.275 e. The van der Waals surface area contributed by atoms with Gasteiger partial charge < -0.3 is 14.8 Å². The highest BCUT2D eigenvalue weighted by Gasteiger charge is 2.18. The summed E-state index contributed by atoms with van der Waals surface area (Å²) in [5.74, 6) is -0.154. The van der Waals surface area contributed by atoms with Gasteiger partial charge in [0.25, 0.3) is 5.91 Å². The van der Waals surface area contributed by atoms with E-state index in [1.165, 1.54) is 0 Å². The van der Waals surface area contributed by atoms with Crippen molar-refractivity contribution in [3.8, 4) is 16.9 Å². The summed E-state index contributed by atoms with van der Waals surface area (Å²) in [5.41, 5.74) is 5.49. The molecule has 0 aliphatic heterocycles. The second-order valence-corrected chi connectivity index (χ2v) is 9.16. The minimum Gasteiger partial charge on any atom is -0.349 e. The Hall–Kier alpha value is -2.51. The zero-order valence-electron chi connectivity index (χ0n) is 18.5. The molecule has 0 saturated heterocycles. The molecular formula is C23H30FN4OS+. The SMILES string of the molecule is Cc1ccc(-n2c(C)cc(-c3csc(C[NH+](C)CC(=O)NC(C)C)n3)c2C)cc1F. The third-order valence-electron chi connectivity index (χ3n) is 5.04. The molecule has 0 bridgehead atoms. The summed E-state index contributed by atoms with van der Waals surface area (Å²) in [6, 6.07) is 7.56. The molecule has 1 aromatic carbocycles. The average Bonchev–Trinajstić information content (AvgIpc) is 3.20. The summed E-state index contributed by atoms with van der Waals surface area (Å²) in [4.78, 5) is 17.9. The van der Waals surface area contributed by atoms with Crippen LogP contribution in [0.1, 0.15) is 35.8 Å². The number of hydrogen-bond donors (Lipinski definition) is 2. The van der Waals surface area contributed by atoms with Crippen LogP contribution >= 0.6 is 11.3 Å². The lowest BCUT2D eigenvalue weighted by atomic mass is 10.2. The molecule has 0 spiro atoms. The standard InChI is InChI=1S/C23H29FN4OS/c1-14(2)25-22(29)11-27(6)12-23-26-21(13-30-23)19-9-16(4)28(17(19)5)18-8-7-15(3)20(24)10-18/h7-10,13-14H,11-12H2,1-6H3,(H,25,29)/p+1. The number of quaternary nitrogens is 1. The summed E-state index contributed by atoms with van der Waals surface area (Å²) >= 11 is 1.60. The Morgan fingerprint density at radius 2 is 2.00 bits per heavy atom. The largest absolute Gasteiger partial charge is 0.349 e. The molecule has 1 unspecified atom stereocenters. The van der Waals surface area contributed by atoms with Gasteiger partial charge in [-0.3, -0.25) is 4.79 Å². The number of likely N-dealkylation sites (N-methyl/N-ethyl adjacent to an activating group) is 1. The number of nitrogens with zero attached hydrogens (tertiary/aromatic N) is 2. The number of thiazole rings is 1. The van der Waals surface area contributed by atoms with E-state index in [-0.39, 0.29) is 17.8 Å². The van der Waals surface area contributed by atoms with Gasteiger partial charge in [0.1, 0.15) is 17.4 Å². The number of amides is 1. The summed E-state index contributed by atoms with van der Waals surface area (Å²) in [6.45, 7) is 10.9. The Kier molecular flexibility index (Phi) is 6.73. The number of aryl methyl sites for hydroxylation is 2. The molecule has 30 heavy (non-hydrogen) atoms. The fourth-order valence-corrected chi connectivity index (χ4v) is 4.53. The normalized spacial score (nSPS) is 12.4. The van der Waals surface area contributed by atoms with Crippen molar-refractivity contribution in [2.24, 2.45) is 0 Å². The molecule has 2 aromatic heterocycles. The van der Waals surface area contributed by atoms with E-state index in [0.29, 0.717) is 18.7 Å². The lowest BCUT2D eigenvalue weighted by Gasteiger charge is -2.13. The number of halogens is 1. The maximum absolute atomic E-state index is 14.1. The van der Waals surface area contributed by atoms with Crippen molar-refractivity contribution >= 4 is 17.2 Å². The van der Waals surface area contributed by atoms with E-state index in [4.69, 9.17) is 4.98 Å². The van der Waals surface area contributed by atoms with Gasteiger partial charge in [0.2, 0.25) is 0 Å². The monoisotopic (exact) mass is 429 g/mol. The lowest BCUT2D eigenvalue weighted by molar-refractivity contribution is -0.885. The molecule has 1 atom stereocenters. The van der Waals surface area contributed by atoms with E-state index >= 15 is 0 Å². The molecule has 3 rings (SSSR count). The number of rotatable bonds is 7. The lowest BCUT2D eigenvalue weighted by Crippen LogP contribution is -3.09. The molecule has 0 saturated carbocycles. The van der Waals surface area contributed by atoms with Crippen molar-refractivity contribution in [2.75, 3.05) is 13.6 Å². The number of carbonyl (C=O) groups excluding carboxylic acids is 1. The molecule has 0 radical (unpaired) electrons. The Labute approximate surface area is 181 Å². The first-order chi connectivity index (χ1) is 14.2. The summed E-state index contributed by atoms with van der Waals surface area (Å²) in [7, 11) is 2.00. The van der Waals surface area contributed by atoms with Crippen LogP contribution in [0.3, 0.4) is 0 Å². The number of aromatic nitrogens is 2. The quantitative estimate of drug-likeness (QED) is 0.606. The second-order valence-electron chi connectivity index (χ2n) is 8.21. The van der Waals surface area contributed by atoms with Crippen LogP contribution in [0, 0.1) is 26.6 Å². The van der Waals surface area contributed by atoms with Crippen LogP contribution in [-0.4, -0.2) is 35.1 Å². The summed E-state index contributed by atoms with van der Waals surface area (Å²) < 4.78 is 16.1. The van der Waals surface area contributed by atoms with Crippen molar-refractivity contribution in [2.45, 2.75) is 47.2 Å². The van der Waals surface area contributed by atoms with Crippen LogP contribution in [0.25, 0.3) is 16.9 Å². The first-order valence-electron chi connectivity index (χ1n) is 10.2. The number of hydrogen-bond acceptors (Lipinski definition) is 3. The maximum Gasteiger partial charge on any atom is 0.275 e. The van der Waals surface area contributed by atoms with Crippen LogP contribution in [0.15, 0.2) is 29.6 Å². The molecule has 160 valence electrons. The van der Waals surface area contributed by atoms with Gasteiger partial charge in [-0.1, -0.05) is 6.07 Å². The highest BCUT2D eigenvalue weighted by Crippen LogP contribution is 2.30. The molecule has 3 aromatic rings. The number of carbonyl (C=O) groups is 1. The van der Waals surface area contributed by atoms with Crippen molar-refractivity contribution < 1.29 is 14.1 Å². The second kappa shape index (κ2) is 9.10. The van der Waals surface area contributed by atoms with Crippen molar-refractivity contribution in [3.63, 3.8) is 0 Å². The van der Waals surface area contributed by atoms with Crippen molar-refractivity contribution in [1.29, 1.82) is 0 Å². The van der Waals surface area contributed by atoms with Crippen molar-refractivity contribution in [3.05, 3.63) is 57.4 Å². The van der Waals surface area contributed by atoms with Crippen LogP contribution in [-0.2, 0) is 11.3 Å². The van der Waals surface area contributed by atoms with Gasteiger partial charge in [0.05, 0.1) is 12.7 Å². The Balaban J connectivity index is 1.79.